The fraction of sp³-hybridized carbons (Fsp3) is 0.286. The predicted molar refractivity (Wildman–Crippen MR) is 78.5 cm³/mol. The van der Waals surface area contributed by atoms with Crippen molar-refractivity contribution in [3.8, 4) is 0 Å². The average molecular weight is 282 g/mol. The Morgan fingerprint density at radius 3 is 1.42 bits per heavy atom. The molecule has 0 aliphatic heterocycles. The van der Waals surface area contributed by atoms with Crippen LogP contribution in [-0.4, -0.2) is 9.05 Å². The maximum Gasteiger partial charge on any atom is 0.965 e. The van der Waals surface area contributed by atoms with Gasteiger partial charge in [0, 0.05) is 0 Å². The van der Waals surface area contributed by atoms with E-state index in [1.807, 2.05) is 0 Å². The molecule has 0 fully saturated rings. The fourth-order valence-electron chi connectivity index (χ4n) is 1.16. The maximum absolute atomic E-state index is 5.69. The summed E-state index contributed by atoms with van der Waals surface area (Å²) in [6.07, 6.45) is 3.27. The van der Waals surface area contributed by atoms with Crippen LogP contribution in [-0.2, 0) is 17.7 Å². The zero-order chi connectivity index (χ0) is 15.1. The summed E-state index contributed by atoms with van der Waals surface area (Å²) in [4.78, 5) is 0. The molecule has 0 aromatic heterocycles. The topological polar surface area (TPSA) is 36.9 Å². The Morgan fingerprint density at radius 1 is 0.789 bits per heavy atom. The van der Waals surface area contributed by atoms with Gasteiger partial charge in [-0.3, -0.25) is 0 Å². The van der Waals surface area contributed by atoms with Crippen LogP contribution in [0.5, 0.6) is 0 Å². The van der Waals surface area contributed by atoms with Crippen LogP contribution in [0, 0.1) is 0 Å². The second-order valence-corrected chi connectivity index (χ2v) is 5.84. The van der Waals surface area contributed by atoms with Crippen LogP contribution < -0.4 is 0 Å². The Balaban J connectivity index is 5.37. The van der Waals surface area contributed by atoms with E-state index in [1.165, 1.54) is 0 Å². The highest BCUT2D eigenvalue weighted by atomic mass is 28.4. The lowest BCUT2D eigenvalue weighted by Crippen LogP contribution is -2.47. The Kier molecular flexibility index (Phi) is 6.78. The fourth-order valence-corrected chi connectivity index (χ4v) is 3.16. The van der Waals surface area contributed by atoms with Gasteiger partial charge < -0.3 is 17.7 Å². The lowest BCUT2D eigenvalue weighted by Gasteiger charge is -2.28. The third-order valence-corrected chi connectivity index (χ3v) is 3.90. The minimum Gasteiger partial charge on any atom is -0.457 e. The van der Waals surface area contributed by atoms with E-state index in [4.69, 9.17) is 17.7 Å². The Bertz CT molecular complexity index is 369. The molecule has 0 aromatic rings. The molecule has 0 saturated carbocycles. The smallest absolute Gasteiger partial charge is 0.457 e. The number of allylic oxidation sites excluding steroid dienone is 6. The largest absolute Gasteiger partial charge is 0.965 e. The van der Waals surface area contributed by atoms with Gasteiger partial charge in [-0.05, 0) is 33.8 Å². The highest BCUT2D eigenvalue weighted by molar-refractivity contribution is 6.54. The van der Waals surface area contributed by atoms with Crippen molar-refractivity contribution in [3.05, 3.63) is 61.5 Å². The van der Waals surface area contributed by atoms with Crippen LogP contribution in [0.1, 0.15) is 27.7 Å². The quantitative estimate of drug-likeness (QED) is 0.361. The molecule has 0 aliphatic rings. The molecule has 0 radical (unpaired) electrons. The van der Waals surface area contributed by atoms with Crippen molar-refractivity contribution >= 4 is 9.05 Å². The maximum atomic E-state index is 5.69. The predicted octanol–water partition coefficient (Wildman–Crippen LogP) is 4.18. The summed E-state index contributed by atoms with van der Waals surface area (Å²) in [7, 11) is -3.50. The van der Waals surface area contributed by atoms with Crippen molar-refractivity contribution in [3.63, 3.8) is 0 Å². The van der Waals surface area contributed by atoms with Gasteiger partial charge in [-0.2, -0.15) is 0 Å². The summed E-state index contributed by atoms with van der Waals surface area (Å²) < 4.78 is 22.4. The summed E-state index contributed by atoms with van der Waals surface area (Å²) in [5, 5.41) is 0. The standard InChI is InChI=1S/C14H22O4Si/c1-9-10-14(8)18-19(15-11(2)3,16-12(4)5)17-13(6)7/h9-10H,1-2,4,6H2,3,5,7-8H3. The van der Waals surface area contributed by atoms with Crippen molar-refractivity contribution < 1.29 is 17.7 Å². The second kappa shape index (κ2) is 7.53. The first kappa shape index (κ1) is 17.1. The van der Waals surface area contributed by atoms with E-state index in [9.17, 15) is 0 Å². The third kappa shape index (κ3) is 7.20. The molecule has 4 nitrogen and oxygen atoms in total. The molecule has 0 heterocycles. The van der Waals surface area contributed by atoms with E-state index in [2.05, 4.69) is 26.3 Å². The molecule has 106 valence electrons. The number of hydrogen-bond acceptors (Lipinski definition) is 4. The summed E-state index contributed by atoms with van der Waals surface area (Å²) in [5.74, 6) is 1.80. The van der Waals surface area contributed by atoms with Crippen LogP contribution in [0.3, 0.4) is 0 Å². The second-order valence-electron chi connectivity index (χ2n) is 4.03. The van der Waals surface area contributed by atoms with E-state index in [1.54, 1.807) is 39.8 Å². The first-order chi connectivity index (χ1) is 8.70. The van der Waals surface area contributed by atoms with Gasteiger partial charge in [0.05, 0.1) is 23.0 Å². The zero-order valence-electron chi connectivity index (χ0n) is 12.1. The van der Waals surface area contributed by atoms with Gasteiger partial charge in [-0.25, -0.2) is 0 Å². The zero-order valence-corrected chi connectivity index (χ0v) is 13.1. The molecule has 0 unspecified atom stereocenters. The molecule has 0 amide bonds. The minimum atomic E-state index is -3.50. The van der Waals surface area contributed by atoms with Gasteiger partial charge in [-0.1, -0.05) is 32.4 Å². The summed E-state index contributed by atoms with van der Waals surface area (Å²) >= 11 is 0. The molecule has 0 spiro atoms. The van der Waals surface area contributed by atoms with E-state index in [0.717, 1.165) is 0 Å². The lowest BCUT2D eigenvalue weighted by molar-refractivity contribution is 0.0442. The minimum absolute atomic E-state index is 0.417. The van der Waals surface area contributed by atoms with Crippen molar-refractivity contribution in [2.45, 2.75) is 27.7 Å². The normalized spacial score (nSPS) is 11.3. The Morgan fingerprint density at radius 2 is 1.16 bits per heavy atom. The molecule has 0 saturated heterocycles. The van der Waals surface area contributed by atoms with Crippen molar-refractivity contribution in [1.29, 1.82) is 0 Å². The van der Waals surface area contributed by atoms with Gasteiger partial charge in [-0.15, -0.1) is 0 Å². The highest BCUT2D eigenvalue weighted by Crippen LogP contribution is 2.23. The molecular weight excluding hydrogens is 260 g/mol. The van der Waals surface area contributed by atoms with Gasteiger partial charge >= 0.3 is 9.05 Å². The summed E-state index contributed by atoms with van der Waals surface area (Å²) in [6.45, 7) is 21.4. The van der Waals surface area contributed by atoms with E-state index >= 15 is 0 Å². The first-order valence-corrected chi connectivity index (χ1v) is 7.36. The monoisotopic (exact) mass is 282 g/mol. The van der Waals surface area contributed by atoms with Crippen LogP contribution in [0.4, 0.5) is 0 Å². The number of hydrogen-bond donors (Lipinski definition) is 0. The summed E-state index contributed by atoms with van der Waals surface area (Å²) in [6, 6.07) is 0. The van der Waals surface area contributed by atoms with Crippen LogP contribution >= 0.6 is 0 Å². The molecule has 0 bridgehead atoms. The highest BCUT2D eigenvalue weighted by Gasteiger charge is 2.57. The molecule has 19 heavy (non-hydrogen) atoms. The molecule has 0 aromatic carbocycles. The van der Waals surface area contributed by atoms with Gasteiger partial charge in [0.1, 0.15) is 0 Å². The van der Waals surface area contributed by atoms with Crippen molar-refractivity contribution in [2.24, 2.45) is 0 Å². The Hall–Kier alpha value is -1.88. The van der Waals surface area contributed by atoms with Crippen LogP contribution in [0.2, 0.25) is 0 Å². The average Bonchev–Trinajstić information content (AvgIpc) is 2.12. The molecule has 0 N–H and O–H groups in total. The molecular formula is C14H22O4Si. The van der Waals surface area contributed by atoms with Crippen LogP contribution in [0.15, 0.2) is 61.5 Å². The van der Waals surface area contributed by atoms with E-state index < -0.39 is 9.05 Å². The van der Waals surface area contributed by atoms with E-state index in [0.29, 0.717) is 23.0 Å². The Labute approximate surface area is 116 Å². The van der Waals surface area contributed by atoms with Crippen molar-refractivity contribution in [2.75, 3.05) is 0 Å². The van der Waals surface area contributed by atoms with Crippen molar-refractivity contribution in [1.82, 2.24) is 0 Å². The summed E-state index contributed by atoms with van der Waals surface area (Å²) in [5.41, 5.74) is 0. The van der Waals surface area contributed by atoms with Gasteiger partial charge in [0.15, 0.2) is 0 Å². The number of rotatable bonds is 9. The van der Waals surface area contributed by atoms with Crippen LogP contribution in [0.25, 0.3) is 0 Å². The van der Waals surface area contributed by atoms with E-state index in [-0.39, 0.29) is 0 Å². The van der Waals surface area contributed by atoms with Gasteiger partial charge in [0.25, 0.3) is 0 Å². The molecule has 0 aliphatic carbocycles. The lowest BCUT2D eigenvalue weighted by atomic mass is 10.5. The van der Waals surface area contributed by atoms with Gasteiger partial charge in [0.2, 0.25) is 0 Å². The third-order valence-electron chi connectivity index (χ3n) is 1.54. The molecule has 5 heteroatoms. The molecule has 0 atom stereocenters. The molecule has 0 rings (SSSR count). The SMILES string of the molecule is C=CC=C(C)O[Si](OC(=C)C)(OC(=C)C)OC(=C)C. The first-order valence-electron chi connectivity index (χ1n) is 5.72.